The van der Waals surface area contributed by atoms with Gasteiger partial charge in [-0.15, -0.1) is 0 Å². The van der Waals surface area contributed by atoms with Gasteiger partial charge in [-0.2, -0.15) is 0 Å². The van der Waals surface area contributed by atoms with E-state index in [0.29, 0.717) is 27.9 Å². The Bertz CT molecular complexity index is 354. The Labute approximate surface area is 107 Å². The minimum Gasteiger partial charge on any atom is -0.294 e. The highest BCUT2D eigenvalue weighted by molar-refractivity contribution is 6.39. The molecule has 1 nitrogen and oxygen atoms in total. The molecule has 0 saturated carbocycles. The molecule has 0 aliphatic heterocycles. The van der Waals surface area contributed by atoms with Gasteiger partial charge in [0.2, 0.25) is 0 Å². The summed E-state index contributed by atoms with van der Waals surface area (Å²) in [6, 6.07) is 5.15. The Morgan fingerprint density at radius 3 is 2.38 bits per heavy atom. The van der Waals surface area contributed by atoms with E-state index >= 15 is 0 Å². The average molecular weight is 259 g/mol. The summed E-state index contributed by atoms with van der Waals surface area (Å²) in [7, 11) is 0. The first-order valence-corrected chi connectivity index (χ1v) is 6.29. The van der Waals surface area contributed by atoms with Crippen molar-refractivity contribution >= 4 is 29.0 Å². The summed E-state index contributed by atoms with van der Waals surface area (Å²) >= 11 is 12.0. The molecule has 0 fully saturated rings. The standard InChI is InChI=1S/C13H16Cl2O/c1-3-5-9(2)8-12(16)13-10(14)6-4-7-11(13)15/h4,6-7,9H,3,5,8H2,1-2H3. The summed E-state index contributed by atoms with van der Waals surface area (Å²) in [5, 5.41) is 0.891. The molecular weight excluding hydrogens is 243 g/mol. The minimum atomic E-state index is 0.0385. The van der Waals surface area contributed by atoms with Gasteiger partial charge in [-0.1, -0.05) is 56.0 Å². The van der Waals surface area contributed by atoms with Gasteiger partial charge in [-0.3, -0.25) is 4.79 Å². The van der Waals surface area contributed by atoms with Crippen LogP contribution in [0.5, 0.6) is 0 Å². The number of hydrogen-bond acceptors (Lipinski definition) is 1. The molecule has 1 unspecified atom stereocenters. The molecule has 0 N–H and O–H groups in total. The monoisotopic (exact) mass is 258 g/mol. The van der Waals surface area contributed by atoms with Crippen LogP contribution in [0.25, 0.3) is 0 Å². The number of ketones is 1. The quantitative estimate of drug-likeness (QED) is 0.680. The molecule has 0 bridgehead atoms. The fourth-order valence-corrected chi connectivity index (χ4v) is 2.39. The number of hydrogen-bond donors (Lipinski definition) is 0. The molecule has 16 heavy (non-hydrogen) atoms. The van der Waals surface area contributed by atoms with Gasteiger partial charge in [0.25, 0.3) is 0 Å². The smallest absolute Gasteiger partial charge is 0.166 e. The van der Waals surface area contributed by atoms with Crippen LogP contribution >= 0.6 is 23.2 Å². The van der Waals surface area contributed by atoms with Gasteiger partial charge in [0.15, 0.2) is 5.78 Å². The van der Waals surface area contributed by atoms with Gasteiger partial charge >= 0.3 is 0 Å². The van der Waals surface area contributed by atoms with E-state index in [-0.39, 0.29) is 5.78 Å². The maximum Gasteiger partial charge on any atom is 0.166 e. The molecular formula is C13H16Cl2O. The summed E-state index contributed by atoms with van der Waals surface area (Å²) in [5.41, 5.74) is 0.466. The first-order chi connectivity index (χ1) is 7.56. The number of Topliss-reactive ketones (excluding diaryl/α,β-unsaturated/α-hetero) is 1. The molecule has 0 saturated heterocycles. The summed E-state index contributed by atoms with van der Waals surface area (Å²) in [5.74, 6) is 0.418. The van der Waals surface area contributed by atoms with Crippen molar-refractivity contribution in [2.45, 2.75) is 33.1 Å². The highest BCUT2D eigenvalue weighted by Gasteiger charge is 2.16. The zero-order valence-electron chi connectivity index (χ0n) is 9.59. The van der Waals surface area contributed by atoms with E-state index in [1.54, 1.807) is 18.2 Å². The van der Waals surface area contributed by atoms with Crippen LogP contribution in [0, 0.1) is 5.92 Å². The lowest BCUT2D eigenvalue weighted by Crippen LogP contribution is -2.07. The fourth-order valence-electron chi connectivity index (χ4n) is 1.78. The second-order valence-electron chi connectivity index (χ2n) is 4.12. The molecule has 0 aromatic heterocycles. The third-order valence-electron chi connectivity index (χ3n) is 2.56. The Morgan fingerprint density at radius 1 is 1.31 bits per heavy atom. The fraction of sp³-hybridized carbons (Fsp3) is 0.462. The largest absolute Gasteiger partial charge is 0.294 e. The summed E-state index contributed by atoms with van der Waals surface area (Å²) in [4.78, 5) is 12.0. The van der Waals surface area contributed by atoms with Crippen molar-refractivity contribution in [3.8, 4) is 0 Å². The van der Waals surface area contributed by atoms with Crippen molar-refractivity contribution in [3.63, 3.8) is 0 Å². The molecule has 0 aliphatic rings. The van der Waals surface area contributed by atoms with E-state index in [1.165, 1.54) is 0 Å². The Balaban J connectivity index is 2.80. The van der Waals surface area contributed by atoms with Crippen LogP contribution in [-0.4, -0.2) is 5.78 Å². The predicted octanol–water partition coefficient (Wildman–Crippen LogP) is 5.00. The number of carbonyl (C=O) groups excluding carboxylic acids is 1. The van der Waals surface area contributed by atoms with Gasteiger partial charge in [0, 0.05) is 6.42 Å². The first-order valence-electron chi connectivity index (χ1n) is 5.53. The number of halogens is 2. The number of carbonyl (C=O) groups is 1. The molecule has 0 radical (unpaired) electrons. The van der Waals surface area contributed by atoms with E-state index in [0.717, 1.165) is 12.8 Å². The lowest BCUT2D eigenvalue weighted by Gasteiger charge is -2.10. The Hall–Kier alpha value is -0.530. The van der Waals surface area contributed by atoms with Crippen molar-refractivity contribution < 1.29 is 4.79 Å². The van der Waals surface area contributed by atoms with Crippen LogP contribution in [0.4, 0.5) is 0 Å². The van der Waals surface area contributed by atoms with Crippen LogP contribution in [0.1, 0.15) is 43.5 Å². The summed E-state index contributed by atoms with van der Waals surface area (Å²) in [6.45, 7) is 4.19. The highest BCUT2D eigenvalue weighted by Crippen LogP contribution is 2.27. The second-order valence-corrected chi connectivity index (χ2v) is 4.93. The Kier molecular flexibility index (Phi) is 5.30. The second kappa shape index (κ2) is 6.27. The maximum atomic E-state index is 12.0. The molecule has 88 valence electrons. The van der Waals surface area contributed by atoms with Crippen LogP contribution in [-0.2, 0) is 0 Å². The number of benzene rings is 1. The average Bonchev–Trinajstić information content (AvgIpc) is 2.17. The molecule has 1 aromatic carbocycles. The predicted molar refractivity (Wildman–Crippen MR) is 69.5 cm³/mol. The van der Waals surface area contributed by atoms with Crippen molar-refractivity contribution in [1.82, 2.24) is 0 Å². The molecule has 0 aliphatic carbocycles. The maximum absolute atomic E-state index is 12.0. The number of rotatable bonds is 5. The molecule has 1 rings (SSSR count). The molecule has 3 heteroatoms. The van der Waals surface area contributed by atoms with Crippen LogP contribution < -0.4 is 0 Å². The normalized spacial score (nSPS) is 12.5. The lowest BCUT2D eigenvalue weighted by atomic mass is 9.96. The topological polar surface area (TPSA) is 17.1 Å². The van der Waals surface area contributed by atoms with E-state index < -0.39 is 0 Å². The molecule has 1 atom stereocenters. The van der Waals surface area contributed by atoms with E-state index in [4.69, 9.17) is 23.2 Å². The third-order valence-corrected chi connectivity index (χ3v) is 3.19. The molecule has 0 amide bonds. The van der Waals surface area contributed by atoms with E-state index in [1.807, 2.05) is 0 Å². The SMILES string of the molecule is CCCC(C)CC(=O)c1c(Cl)cccc1Cl. The van der Waals surface area contributed by atoms with E-state index in [2.05, 4.69) is 13.8 Å². The van der Waals surface area contributed by atoms with Gasteiger partial charge in [-0.25, -0.2) is 0 Å². The van der Waals surface area contributed by atoms with Crippen LogP contribution in [0.3, 0.4) is 0 Å². The van der Waals surface area contributed by atoms with Gasteiger partial charge < -0.3 is 0 Å². The van der Waals surface area contributed by atoms with Gasteiger partial charge in [-0.05, 0) is 18.1 Å². The summed E-state index contributed by atoms with van der Waals surface area (Å²) in [6.07, 6.45) is 2.65. The first kappa shape index (κ1) is 13.5. The molecule has 0 spiro atoms. The van der Waals surface area contributed by atoms with E-state index in [9.17, 15) is 4.79 Å². The Morgan fingerprint density at radius 2 is 1.88 bits per heavy atom. The molecule has 1 aromatic rings. The zero-order chi connectivity index (χ0) is 12.1. The minimum absolute atomic E-state index is 0.0385. The summed E-state index contributed by atoms with van der Waals surface area (Å²) < 4.78 is 0. The zero-order valence-corrected chi connectivity index (χ0v) is 11.1. The van der Waals surface area contributed by atoms with Gasteiger partial charge in [0.1, 0.15) is 0 Å². The van der Waals surface area contributed by atoms with Gasteiger partial charge in [0.05, 0.1) is 15.6 Å². The van der Waals surface area contributed by atoms with Crippen LogP contribution in [0.15, 0.2) is 18.2 Å². The van der Waals surface area contributed by atoms with Crippen LogP contribution in [0.2, 0.25) is 10.0 Å². The van der Waals surface area contributed by atoms with Crippen molar-refractivity contribution in [2.24, 2.45) is 5.92 Å². The van der Waals surface area contributed by atoms with Crippen molar-refractivity contribution in [2.75, 3.05) is 0 Å². The van der Waals surface area contributed by atoms with Crippen molar-refractivity contribution in [1.29, 1.82) is 0 Å². The lowest BCUT2D eigenvalue weighted by molar-refractivity contribution is 0.0963. The van der Waals surface area contributed by atoms with Crippen molar-refractivity contribution in [3.05, 3.63) is 33.8 Å². The third kappa shape index (κ3) is 3.50. The molecule has 0 heterocycles. The highest BCUT2D eigenvalue weighted by atomic mass is 35.5.